The van der Waals surface area contributed by atoms with Crippen molar-refractivity contribution < 1.29 is 0 Å². The third kappa shape index (κ3) is 8.92. The van der Waals surface area contributed by atoms with Crippen LogP contribution in [0, 0.1) is 0 Å². The van der Waals surface area contributed by atoms with Crippen molar-refractivity contribution in [3.63, 3.8) is 0 Å². The quantitative estimate of drug-likeness (QED) is 0.111. The summed E-state index contributed by atoms with van der Waals surface area (Å²) in [5, 5.41) is 14.6. The molecule has 482 valence electrons. The SMILES string of the molecule is CC(C)(C)c1cc2c3c(c1)N(c1c(-c4cc5ccccc5c5ccccc45)cccc1-c1cc4ccccc4c4ccccc14)c1cc(-n4c5ccccc5c5ccccc54)ccc1B3c1ccc(-n3c4ccccc4c4ccccc43)cc1N2c1c(-c2ccccc2)cccc1-c1ccccc1. The predicted molar refractivity (Wildman–Crippen MR) is 440 cm³/mol. The summed E-state index contributed by atoms with van der Waals surface area (Å²) >= 11 is 0. The number of nitrogens with zero attached hydrogens (tertiary/aromatic N) is 4. The van der Waals surface area contributed by atoms with Gasteiger partial charge in [0.2, 0.25) is 0 Å². The molecule has 4 nitrogen and oxygen atoms in total. The van der Waals surface area contributed by atoms with Crippen molar-refractivity contribution in [2.45, 2.75) is 26.2 Å². The second-order valence-electron chi connectivity index (χ2n) is 29.0. The highest BCUT2D eigenvalue weighted by Crippen LogP contribution is 2.56. The Bertz CT molecular complexity index is 6450. The molecule has 0 aliphatic carbocycles. The van der Waals surface area contributed by atoms with Crippen molar-refractivity contribution in [2.24, 2.45) is 0 Å². The lowest BCUT2D eigenvalue weighted by atomic mass is 9.33. The number of rotatable bonds is 8. The van der Waals surface area contributed by atoms with Gasteiger partial charge in [-0.15, -0.1) is 0 Å². The van der Waals surface area contributed by atoms with Gasteiger partial charge in [0.15, 0.2) is 0 Å². The molecular formula is C98H67BN4. The van der Waals surface area contributed by atoms with Crippen LogP contribution in [0.5, 0.6) is 0 Å². The summed E-state index contributed by atoms with van der Waals surface area (Å²) in [5.41, 5.74) is 27.4. The van der Waals surface area contributed by atoms with Gasteiger partial charge in [0, 0.05) is 77.9 Å². The highest BCUT2D eigenvalue weighted by atomic mass is 15.2. The molecule has 0 amide bonds. The highest BCUT2D eigenvalue weighted by Gasteiger charge is 2.46. The molecular weight excluding hydrogens is 1240 g/mol. The first-order chi connectivity index (χ1) is 50.8. The van der Waals surface area contributed by atoms with Gasteiger partial charge in [-0.25, -0.2) is 0 Å². The molecule has 0 atom stereocenters. The molecule has 0 N–H and O–H groups in total. The fraction of sp³-hybridized carbons (Fsp3) is 0.0408. The van der Waals surface area contributed by atoms with E-state index in [0.717, 1.165) is 89.9 Å². The third-order valence-corrected chi connectivity index (χ3v) is 22.4. The Balaban J connectivity index is 0.956. The van der Waals surface area contributed by atoms with Crippen LogP contribution in [-0.4, -0.2) is 15.8 Å². The van der Waals surface area contributed by atoms with E-state index in [4.69, 9.17) is 0 Å². The Morgan fingerprint density at radius 2 is 0.573 bits per heavy atom. The largest absolute Gasteiger partial charge is 0.310 e. The first-order valence-electron chi connectivity index (χ1n) is 36.0. The van der Waals surface area contributed by atoms with Crippen LogP contribution in [0.25, 0.3) is 143 Å². The Hall–Kier alpha value is -13.0. The van der Waals surface area contributed by atoms with Crippen LogP contribution in [0.15, 0.2) is 352 Å². The van der Waals surface area contributed by atoms with Crippen LogP contribution in [0.2, 0.25) is 0 Å². The minimum Gasteiger partial charge on any atom is -0.310 e. The normalized spacial score (nSPS) is 12.7. The lowest BCUT2D eigenvalue weighted by Gasteiger charge is -2.46. The molecule has 2 aliphatic rings. The molecule has 0 fully saturated rings. The third-order valence-electron chi connectivity index (χ3n) is 22.4. The fourth-order valence-corrected chi connectivity index (χ4v) is 17.8. The van der Waals surface area contributed by atoms with Crippen LogP contribution in [0.3, 0.4) is 0 Å². The van der Waals surface area contributed by atoms with Gasteiger partial charge in [-0.1, -0.05) is 300 Å². The minimum absolute atomic E-state index is 0.251. The maximum atomic E-state index is 2.76. The van der Waals surface area contributed by atoms with E-state index in [-0.39, 0.29) is 12.1 Å². The average Bonchev–Trinajstić information content (AvgIpc) is 0.988. The molecule has 0 spiro atoms. The van der Waals surface area contributed by atoms with Gasteiger partial charge >= 0.3 is 0 Å². The van der Waals surface area contributed by atoms with Crippen LogP contribution in [0.1, 0.15) is 26.3 Å². The van der Waals surface area contributed by atoms with E-state index in [0.29, 0.717) is 0 Å². The lowest BCUT2D eigenvalue weighted by Crippen LogP contribution is -2.61. The number of anilines is 6. The van der Waals surface area contributed by atoms with Crippen LogP contribution >= 0.6 is 0 Å². The van der Waals surface area contributed by atoms with Crippen LogP contribution in [0.4, 0.5) is 34.1 Å². The van der Waals surface area contributed by atoms with Crippen molar-refractivity contribution in [1.29, 1.82) is 0 Å². The van der Waals surface area contributed by atoms with E-state index in [1.807, 2.05) is 0 Å². The summed E-state index contributed by atoms with van der Waals surface area (Å²) in [7, 11) is 0. The van der Waals surface area contributed by atoms with Crippen LogP contribution in [-0.2, 0) is 5.41 Å². The van der Waals surface area contributed by atoms with E-state index in [1.54, 1.807) is 0 Å². The Labute approximate surface area is 598 Å². The topological polar surface area (TPSA) is 16.3 Å². The molecule has 5 heteroatoms. The smallest absolute Gasteiger partial charge is 0.252 e. The summed E-state index contributed by atoms with van der Waals surface area (Å²) in [6.45, 7) is 6.95. The molecule has 17 aromatic carbocycles. The van der Waals surface area contributed by atoms with E-state index >= 15 is 0 Å². The molecule has 0 saturated heterocycles. The van der Waals surface area contributed by atoms with Gasteiger partial charge in [-0.3, -0.25) is 0 Å². The zero-order chi connectivity index (χ0) is 68.2. The fourth-order valence-electron chi connectivity index (χ4n) is 17.8. The van der Waals surface area contributed by atoms with E-state index < -0.39 is 0 Å². The Morgan fingerprint density at radius 1 is 0.243 bits per heavy atom. The molecule has 0 saturated carbocycles. The predicted octanol–water partition coefficient (Wildman–Crippen LogP) is 24.5. The molecule has 4 heterocycles. The van der Waals surface area contributed by atoms with Gasteiger partial charge in [0.25, 0.3) is 6.71 Å². The lowest BCUT2D eigenvalue weighted by molar-refractivity contribution is 0.590. The standard InChI is InChI=1S/C98H67BN4/c1-98(2,3)66-58-93-95-94(59-66)103(97-81(83-56-64-32-10-12-34-69(64)73-36-14-16-38-75(73)83)46-27-47-82(97)84-57-65-33-11-13-35-70(65)74-37-15-17-39-76(74)84)92-61-68(101-89-50-24-20-42-79(89)80-43-21-25-51-90(80)101)53-55-86(92)99(95)85-54-52-67(100-87-48-22-18-40-77(87)78-41-19-23-49-88(78)100)60-91(85)102(93)96-71(62-28-6-4-7-29-62)44-26-45-72(96)63-30-8-5-9-31-63/h4-61H,1-3H3. The Kier molecular flexibility index (Phi) is 13.0. The molecule has 2 aliphatic heterocycles. The molecule has 0 unspecified atom stereocenters. The Morgan fingerprint density at radius 3 is 0.971 bits per heavy atom. The molecule has 0 radical (unpaired) electrons. The van der Waals surface area contributed by atoms with E-state index in [9.17, 15) is 0 Å². The second kappa shape index (κ2) is 22.8. The summed E-state index contributed by atoms with van der Waals surface area (Å²) < 4.78 is 5.01. The number of benzene rings is 17. The first-order valence-corrected chi connectivity index (χ1v) is 36.0. The minimum atomic E-state index is -0.346. The summed E-state index contributed by atoms with van der Waals surface area (Å²) in [6.07, 6.45) is 0. The number of hydrogen-bond donors (Lipinski definition) is 0. The van der Waals surface area contributed by atoms with Gasteiger partial charge in [0.1, 0.15) is 0 Å². The summed E-state index contributed by atoms with van der Waals surface area (Å²) in [4.78, 5) is 5.46. The highest BCUT2D eigenvalue weighted by molar-refractivity contribution is 7.00. The zero-order valence-corrected chi connectivity index (χ0v) is 57.4. The molecule has 0 bridgehead atoms. The zero-order valence-electron chi connectivity index (χ0n) is 57.4. The molecule has 19 aromatic rings. The van der Waals surface area contributed by atoms with Crippen molar-refractivity contribution in [2.75, 3.05) is 9.80 Å². The van der Waals surface area contributed by atoms with Crippen molar-refractivity contribution in [3.05, 3.63) is 357 Å². The maximum Gasteiger partial charge on any atom is 0.252 e. The van der Waals surface area contributed by atoms with Crippen molar-refractivity contribution in [3.8, 4) is 55.9 Å². The molecule has 2 aromatic heterocycles. The average molecular weight is 1310 g/mol. The monoisotopic (exact) mass is 1310 g/mol. The number of aromatic nitrogens is 2. The van der Waals surface area contributed by atoms with Gasteiger partial charge < -0.3 is 18.9 Å². The first kappa shape index (κ1) is 59.0. The molecule has 21 rings (SSSR count). The number of fused-ring (bicyclic) bond motifs is 16. The van der Waals surface area contributed by atoms with Crippen molar-refractivity contribution >= 4 is 144 Å². The second-order valence-corrected chi connectivity index (χ2v) is 29.0. The van der Waals surface area contributed by atoms with E-state index in [2.05, 4.69) is 392 Å². The summed E-state index contributed by atoms with van der Waals surface area (Å²) in [5.74, 6) is 0. The van der Waals surface area contributed by atoms with Gasteiger partial charge in [-0.2, -0.15) is 0 Å². The number of hydrogen-bond acceptors (Lipinski definition) is 2. The summed E-state index contributed by atoms with van der Waals surface area (Å²) in [6, 6.07) is 133. The van der Waals surface area contributed by atoms with Gasteiger partial charge in [0.05, 0.1) is 33.4 Å². The van der Waals surface area contributed by atoms with Crippen molar-refractivity contribution in [1.82, 2.24) is 9.13 Å². The number of para-hydroxylation sites is 6. The molecule has 103 heavy (non-hydrogen) atoms. The van der Waals surface area contributed by atoms with E-state index in [1.165, 1.54) is 109 Å². The maximum absolute atomic E-state index is 2.76. The van der Waals surface area contributed by atoms with Crippen LogP contribution < -0.4 is 26.2 Å². The van der Waals surface area contributed by atoms with Gasteiger partial charge in [-0.05, 0) is 166 Å².